The van der Waals surface area contributed by atoms with Gasteiger partial charge in [0.15, 0.2) is 0 Å². The molecule has 0 fully saturated rings. The molecule has 0 atom stereocenters. The second kappa shape index (κ2) is 6.31. The minimum atomic E-state index is -0.372. The third kappa shape index (κ3) is 2.70. The second-order valence-corrected chi connectivity index (χ2v) is 4.55. The smallest absolute Gasteiger partial charge is 0.339 e. The minimum absolute atomic E-state index is 0.372. The Kier molecular flexibility index (Phi) is 4.48. The van der Waals surface area contributed by atoms with Crippen molar-refractivity contribution in [1.29, 1.82) is 0 Å². The van der Waals surface area contributed by atoms with Gasteiger partial charge in [0.2, 0.25) is 0 Å². The van der Waals surface area contributed by atoms with Crippen LogP contribution in [0.15, 0.2) is 46.7 Å². The molecule has 1 heterocycles. The first kappa shape index (κ1) is 14.9. The van der Waals surface area contributed by atoms with Crippen molar-refractivity contribution in [2.45, 2.75) is 12.8 Å². The second-order valence-electron chi connectivity index (χ2n) is 4.55. The van der Waals surface area contributed by atoms with E-state index in [1.54, 1.807) is 38.5 Å². The van der Waals surface area contributed by atoms with Gasteiger partial charge >= 0.3 is 5.63 Å². The molecular weight excluding hydrogens is 268 g/mol. The van der Waals surface area contributed by atoms with Crippen molar-refractivity contribution in [3.05, 3.63) is 59.0 Å². The Labute approximate surface area is 123 Å². The van der Waals surface area contributed by atoms with Crippen molar-refractivity contribution in [2.75, 3.05) is 14.2 Å². The summed E-state index contributed by atoms with van der Waals surface area (Å²) in [4.78, 5) is 12.1. The molecule has 0 radical (unpaired) electrons. The van der Waals surface area contributed by atoms with Gasteiger partial charge in [-0.2, -0.15) is 0 Å². The molecule has 21 heavy (non-hydrogen) atoms. The summed E-state index contributed by atoms with van der Waals surface area (Å²) in [5.74, 6) is 1.21. The summed E-state index contributed by atoms with van der Waals surface area (Å²) in [7, 11) is 3.14. The Hall–Kier alpha value is -2.49. The molecular formula is C17H18O4. The quantitative estimate of drug-likeness (QED) is 0.604. The van der Waals surface area contributed by atoms with Gasteiger partial charge in [-0.3, -0.25) is 0 Å². The Bertz CT molecular complexity index is 741. The van der Waals surface area contributed by atoms with Crippen LogP contribution >= 0.6 is 0 Å². The van der Waals surface area contributed by atoms with E-state index in [2.05, 4.69) is 13.2 Å². The fraction of sp³-hybridized carbons (Fsp3) is 0.235. The van der Waals surface area contributed by atoms with E-state index in [0.29, 0.717) is 35.5 Å². The highest BCUT2D eigenvalue weighted by Crippen LogP contribution is 2.36. The molecule has 0 unspecified atom stereocenters. The molecule has 110 valence electrons. The standard InChI is InChI=1S/C17H18O4/c1-5-7-11-9-13-15(20-4)10-14(19-3)12(8-6-2)16(13)21-17(11)18/h5-6,9-10H,1-2,7-8H2,3-4H3. The minimum Gasteiger partial charge on any atom is -0.496 e. The number of ether oxygens (including phenoxy) is 2. The highest BCUT2D eigenvalue weighted by atomic mass is 16.5. The summed E-state index contributed by atoms with van der Waals surface area (Å²) in [6, 6.07) is 3.58. The van der Waals surface area contributed by atoms with Gasteiger partial charge in [-0.15, -0.1) is 13.2 Å². The summed E-state index contributed by atoms with van der Waals surface area (Å²) < 4.78 is 16.2. The van der Waals surface area contributed by atoms with Gasteiger partial charge in [0, 0.05) is 17.2 Å². The number of hydrogen-bond donors (Lipinski definition) is 0. The van der Waals surface area contributed by atoms with Crippen molar-refractivity contribution in [2.24, 2.45) is 0 Å². The van der Waals surface area contributed by atoms with E-state index in [0.717, 1.165) is 10.9 Å². The molecule has 0 N–H and O–H groups in total. The number of hydrogen-bond acceptors (Lipinski definition) is 4. The van der Waals surface area contributed by atoms with E-state index in [9.17, 15) is 4.79 Å². The van der Waals surface area contributed by atoms with Crippen molar-refractivity contribution in [3.8, 4) is 11.5 Å². The van der Waals surface area contributed by atoms with Gasteiger partial charge < -0.3 is 13.9 Å². The third-order valence-electron chi connectivity index (χ3n) is 3.27. The molecule has 0 aliphatic heterocycles. The van der Waals surface area contributed by atoms with Gasteiger partial charge in [-0.05, 0) is 18.9 Å². The molecule has 2 aromatic rings. The fourth-order valence-electron chi connectivity index (χ4n) is 2.30. The molecule has 2 rings (SSSR count). The molecule has 0 aliphatic rings. The highest BCUT2D eigenvalue weighted by Gasteiger charge is 2.17. The van der Waals surface area contributed by atoms with E-state index in [1.807, 2.05) is 0 Å². The highest BCUT2D eigenvalue weighted by molar-refractivity contribution is 5.89. The molecule has 1 aromatic heterocycles. The fourth-order valence-corrected chi connectivity index (χ4v) is 2.30. The van der Waals surface area contributed by atoms with Crippen molar-refractivity contribution in [3.63, 3.8) is 0 Å². The van der Waals surface area contributed by atoms with Crippen molar-refractivity contribution in [1.82, 2.24) is 0 Å². The largest absolute Gasteiger partial charge is 0.496 e. The predicted octanol–water partition coefficient (Wildman–Crippen LogP) is 3.27. The van der Waals surface area contributed by atoms with Crippen LogP contribution in [0, 0.1) is 0 Å². The summed E-state index contributed by atoms with van der Waals surface area (Å²) in [5.41, 5.74) is 1.43. The molecule has 0 saturated carbocycles. The lowest BCUT2D eigenvalue weighted by molar-refractivity contribution is 0.392. The van der Waals surface area contributed by atoms with E-state index >= 15 is 0 Å². The maximum absolute atomic E-state index is 12.1. The zero-order valence-corrected chi connectivity index (χ0v) is 12.3. The van der Waals surface area contributed by atoms with Crippen molar-refractivity contribution >= 4 is 11.0 Å². The topological polar surface area (TPSA) is 48.7 Å². The number of benzene rings is 1. The summed E-state index contributed by atoms with van der Waals surface area (Å²) in [6.07, 6.45) is 4.39. The monoisotopic (exact) mass is 286 g/mol. The lowest BCUT2D eigenvalue weighted by atomic mass is 10.0. The third-order valence-corrected chi connectivity index (χ3v) is 3.27. The normalized spacial score (nSPS) is 10.4. The zero-order chi connectivity index (χ0) is 15.4. The van der Waals surface area contributed by atoms with Crippen LogP contribution in [0.5, 0.6) is 11.5 Å². The van der Waals surface area contributed by atoms with Crippen LogP contribution in [0.1, 0.15) is 11.1 Å². The first-order chi connectivity index (χ1) is 10.2. The molecule has 0 aliphatic carbocycles. The molecule has 0 amide bonds. The molecule has 0 saturated heterocycles. The van der Waals surface area contributed by atoms with Crippen LogP contribution in [0.25, 0.3) is 11.0 Å². The van der Waals surface area contributed by atoms with E-state index in [1.165, 1.54) is 0 Å². The molecule has 1 aromatic carbocycles. The summed E-state index contributed by atoms with van der Waals surface area (Å²) in [5, 5.41) is 0.742. The predicted molar refractivity (Wildman–Crippen MR) is 83.4 cm³/mol. The zero-order valence-electron chi connectivity index (χ0n) is 12.3. The Morgan fingerprint density at radius 1 is 1.10 bits per heavy atom. The number of rotatable bonds is 6. The Morgan fingerprint density at radius 3 is 2.33 bits per heavy atom. The van der Waals surface area contributed by atoms with Crippen LogP contribution in [0.3, 0.4) is 0 Å². The Morgan fingerprint density at radius 2 is 1.76 bits per heavy atom. The van der Waals surface area contributed by atoms with Crippen LogP contribution in [-0.4, -0.2) is 14.2 Å². The first-order valence-electron chi connectivity index (χ1n) is 6.58. The van der Waals surface area contributed by atoms with Gasteiger partial charge in [0.25, 0.3) is 0 Å². The number of fused-ring (bicyclic) bond motifs is 1. The molecule has 0 bridgehead atoms. The maximum Gasteiger partial charge on any atom is 0.339 e. The van der Waals surface area contributed by atoms with Crippen molar-refractivity contribution < 1.29 is 13.9 Å². The SMILES string of the molecule is C=CCc1cc2c(OC)cc(OC)c(CC=C)c2oc1=O. The lowest BCUT2D eigenvalue weighted by Gasteiger charge is -2.13. The average Bonchev–Trinajstić information content (AvgIpc) is 2.49. The van der Waals surface area contributed by atoms with E-state index < -0.39 is 0 Å². The van der Waals surface area contributed by atoms with Crippen LogP contribution < -0.4 is 15.1 Å². The number of methoxy groups -OCH3 is 2. The van der Waals surface area contributed by atoms with E-state index in [4.69, 9.17) is 13.9 Å². The van der Waals surface area contributed by atoms with Crippen LogP contribution in [0.4, 0.5) is 0 Å². The molecule has 0 spiro atoms. The first-order valence-corrected chi connectivity index (χ1v) is 6.58. The molecule has 4 heteroatoms. The van der Waals surface area contributed by atoms with Gasteiger partial charge in [-0.25, -0.2) is 4.79 Å². The van der Waals surface area contributed by atoms with Crippen LogP contribution in [-0.2, 0) is 12.8 Å². The summed E-state index contributed by atoms with van der Waals surface area (Å²) in [6.45, 7) is 7.38. The Balaban J connectivity index is 2.87. The van der Waals surface area contributed by atoms with E-state index in [-0.39, 0.29) is 5.63 Å². The molecule has 4 nitrogen and oxygen atoms in total. The van der Waals surface area contributed by atoms with Gasteiger partial charge in [0.1, 0.15) is 17.1 Å². The maximum atomic E-state index is 12.1. The lowest BCUT2D eigenvalue weighted by Crippen LogP contribution is -2.08. The van der Waals surface area contributed by atoms with Gasteiger partial charge in [0.05, 0.1) is 19.6 Å². The van der Waals surface area contributed by atoms with Gasteiger partial charge in [-0.1, -0.05) is 12.2 Å². The summed E-state index contributed by atoms with van der Waals surface area (Å²) >= 11 is 0. The average molecular weight is 286 g/mol. The number of allylic oxidation sites excluding steroid dienone is 2. The van der Waals surface area contributed by atoms with Crippen LogP contribution in [0.2, 0.25) is 0 Å².